The number of pyridine rings is 1. The van der Waals surface area contributed by atoms with Gasteiger partial charge in [-0.25, -0.2) is 4.98 Å². The number of rotatable bonds is 6. The summed E-state index contributed by atoms with van der Waals surface area (Å²) in [7, 11) is 0. The lowest BCUT2D eigenvalue weighted by Gasteiger charge is -2.22. The van der Waals surface area contributed by atoms with Gasteiger partial charge in [0.2, 0.25) is 0 Å². The second kappa shape index (κ2) is 5.69. The zero-order valence-corrected chi connectivity index (χ0v) is 11.3. The molecule has 1 fully saturated rings. The van der Waals surface area contributed by atoms with Gasteiger partial charge in [0.1, 0.15) is 5.82 Å². The van der Waals surface area contributed by atoms with E-state index < -0.39 is 0 Å². The number of anilines is 1. The van der Waals surface area contributed by atoms with Gasteiger partial charge in [-0.1, -0.05) is 18.5 Å². The molecule has 0 aromatic carbocycles. The molecule has 1 aliphatic rings. The zero-order chi connectivity index (χ0) is 12.3. The molecule has 0 unspecified atom stereocenters. The number of hydrogen-bond acceptors (Lipinski definition) is 3. The summed E-state index contributed by atoms with van der Waals surface area (Å²) in [6.07, 6.45) is 2.58. The van der Waals surface area contributed by atoms with E-state index in [0.29, 0.717) is 6.04 Å². The van der Waals surface area contributed by atoms with E-state index in [1.807, 2.05) is 12.1 Å². The molecule has 4 heteroatoms. The summed E-state index contributed by atoms with van der Waals surface area (Å²) >= 11 is 6.15. The molecule has 1 aromatic rings. The van der Waals surface area contributed by atoms with Crippen molar-refractivity contribution < 1.29 is 0 Å². The Bertz CT molecular complexity index is 377. The smallest absolute Gasteiger partial charge is 0.129 e. The van der Waals surface area contributed by atoms with Crippen molar-refractivity contribution >= 4 is 17.4 Å². The Morgan fingerprint density at radius 1 is 1.41 bits per heavy atom. The number of hydrogen-bond donors (Lipinski definition) is 1. The third-order valence-electron chi connectivity index (χ3n) is 3.07. The van der Waals surface area contributed by atoms with Crippen LogP contribution in [0.2, 0.25) is 5.02 Å². The van der Waals surface area contributed by atoms with Gasteiger partial charge in [0.15, 0.2) is 0 Å². The Balaban J connectivity index is 2.16. The van der Waals surface area contributed by atoms with Crippen molar-refractivity contribution in [3.63, 3.8) is 0 Å². The molecule has 2 rings (SSSR count). The number of halogens is 1. The molecule has 1 aliphatic carbocycles. The van der Waals surface area contributed by atoms with Crippen LogP contribution in [0.4, 0.5) is 5.82 Å². The summed E-state index contributed by atoms with van der Waals surface area (Å²) in [6.45, 7) is 6.95. The topological polar surface area (TPSA) is 28.2 Å². The number of nitrogens with zero attached hydrogens (tertiary/aromatic N) is 2. The molecule has 1 N–H and O–H groups in total. The summed E-state index contributed by atoms with van der Waals surface area (Å²) in [4.78, 5) is 7.04. The van der Waals surface area contributed by atoms with Crippen LogP contribution in [0, 0.1) is 0 Å². The Morgan fingerprint density at radius 3 is 2.76 bits per heavy atom. The normalized spacial score (nSPS) is 15.0. The quantitative estimate of drug-likeness (QED) is 0.845. The highest BCUT2D eigenvalue weighted by Gasteiger charge is 2.29. The van der Waals surface area contributed by atoms with Crippen molar-refractivity contribution in [2.24, 2.45) is 0 Å². The largest absolute Gasteiger partial charge is 0.354 e. The minimum Gasteiger partial charge on any atom is -0.354 e. The Labute approximate surface area is 108 Å². The van der Waals surface area contributed by atoms with Gasteiger partial charge in [-0.15, -0.1) is 0 Å². The number of aromatic nitrogens is 1. The highest BCUT2D eigenvalue weighted by atomic mass is 35.5. The summed E-state index contributed by atoms with van der Waals surface area (Å²) in [5, 5.41) is 4.02. The van der Waals surface area contributed by atoms with Gasteiger partial charge in [-0.3, -0.25) is 0 Å². The molecule has 17 heavy (non-hydrogen) atoms. The Morgan fingerprint density at radius 2 is 2.18 bits per heavy atom. The van der Waals surface area contributed by atoms with Crippen molar-refractivity contribution in [2.75, 3.05) is 18.0 Å². The zero-order valence-electron chi connectivity index (χ0n) is 10.5. The van der Waals surface area contributed by atoms with Crippen LogP contribution in [0.1, 0.15) is 32.4 Å². The first-order valence-corrected chi connectivity index (χ1v) is 6.76. The van der Waals surface area contributed by atoms with Crippen molar-refractivity contribution in [1.82, 2.24) is 10.3 Å². The van der Waals surface area contributed by atoms with Crippen LogP contribution in [-0.4, -0.2) is 24.1 Å². The molecule has 1 saturated carbocycles. The maximum Gasteiger partial charge on any atom is 0.129 e. The van der Waals surface area contributed by atoms with Crippen LogP contribution in [0.3, 0.4) is 0 Å². The summed E-state index contributed by atoms with van der Waals surface area (Å²) in [5.41, 5.74) is 0.949. The van der Waals surface area contributed by atoms with Crippen LogP contribution in [0.15, 0.2) is 12.1 Å². The maximum atomic E-state index is 6.15. The fraction of sp³-hybridized carbons (Fsp3) is 0.615. The standard InChI is InChI=1S/C13H20ClN3/c1-3-15-9-12-11(14)7-8-13(16-12)17(4-2)10-5-6-10/h7-8,10,15H,3-6,9H2,1-2H3. The maximum absolute atomic E-state index is 6.15. The fourth-order valence-electron chi connectivity index (χ4n) is 1.99. The summed E-state index contributed by atoms with van der Waals surface area (Å²) < 4.78 is 0. The SMILES string of the molecule is CCNCc1nc(N(CC)C2CC2)ccc1Cl. The first kappa shape index (κ1) is 12.7. The van der Waals surface area contributed by atoms with Gasteiger partial charge in [-0.2, -0.15) is 0 Å². The molecule has 94 valence electrons. The third-order valence-corrected chi connectivity index (χ3v) is 3.41. The van der Waals surface area contributed by atoms with E-state index in [2.05, 4.69) is 29.0 Å². The van der Waals surface area contributed by atoms with Crippen LogP contribution in [0.5, 0.6) is 0 Å². The fourth-order valence-corrected chi connectivity index (χ4v) is 2.17. The van der Waals surface area contributed by atoms with Crippen molar-refractivity contribution in [3.05, 3.63) is 22.8 Å². The Kier molecular flexibility index (Phi) is 4.24. The monoisotopic (exact) mass is 253 g/mol. The van der Waals surface area contributed by atoms with Gasteiger partial charge in [0.05, 0.1) is 10.7 Å². The molecule has 0 amide bonds. The van der Waals surface area contributed by atoms with Crippen molar-refractivity contribution in [2.45, 2.75) is 39.3 Å². The minimum atomic E-state index is 0.695. The van der Waals surface area contributed by atoms with Gasteiger partial charge in [0.25, 0.3) is 0 Å². The lowest BCUT2D eigenvalue weighted by Crippen LogP contribution is -2.26. The lowest BCUT2D eigenvalue weighted by atomic mass is 10.3. The summed E-state index contributed by atoms with van der Waals surface area (Å²) in [5.74, 6) is 1.06. The summed E-state index contributed by atoms with van der Waals surface area (Å²) in [6, 6.07) is 4.68. The van der Waals surface area contributed by atoms with E-state index in [-0.39, 0.29) is 0 Å². The van der Waals surface area contributed by atoms with Crippen LogP contribution < -0.4 is 10.2 Å². The van der Waals surface area contributed by atoms with E-state index in [0.717, 1.165) is 36.2 Å². The first-order valence-electron chi connectivity index (χ1n) is 6.39. The average molecular weight is 254 g/mol. The van der Waals surface area contributed by atoms with Crippen molar-refractivity contribution in [3.8, 4) is 0 Å². The van der Waals surface area contributed by atoms with Gasteiger partial charge in [-0.05, 0) is 38.4 Å². The molecule has 1 aromatic heterocycles. The lowest BCUT2D eigenvalue weighted by molar-refractivity contribution is 0.706. The average Bonchev–Trinajstić information content (AvgIpc) is 3.15. The predicted molar refractivity (Wildman–Crippen MR) is 72.7 cm³/mol. The van der Waals surface area contributed by atoms with Crippen LogP contribution in [0.25, 0.3) is 0 Å². The Hall–Kier alpha value is -0.800. The molecule has 0 radical (unpaired) electrons. The number of nitrogens with one attached hydrogen (secondary N) is 1. The van der Waals surface area contributed by atoms with E-state index in [9.17, 15) is 0 Å². The van der Waals surface area contributed by atoms with Crippen LogP contribution >= 0.6 is 11.6 Å². The molecule has 0 atom stereocenters. The molecular weight excluding hydrogens is 234 g/mol. The van der Waals surface area contributed by atoms with Gasteiger partial charge in [0, 0.05) is 19.1 Å². The van der Waals surface area contributed by atoms with E-state index >= 15 is 0 Å². The second-order valence-electron chi connectivity index (χ2n) is 4.40. The van der Waals surface area contributed by atoms with E-state index in [1.54, 1.807) is 0 Å². The van der Waals surface area contributed by atoms with Crippen LogP contribution in [-0.2, 0) is 6.54 Å². The molecule has 3 nitrogen and oxygen atoms in total. The van der Waals surface area contributed by atoms with Gasteiger partial charge >= 0.3 is 0 Å². The predicted octanol–water partition coefficient (Wildman–Crippen LogP) is 2.83. The molecule has 0 saturated heterocycles. The highest BCUT2D eigenvalue weighted by molar-refractivity contribution is 6.31. The van der Waals surface area contributed by atoms with E-state index in [4.69, 9.17) is 11.6 Å². The van der Waals surface area contributed by atoms with E-state index in [1.165, 1.54) is 12.8 Å². The molecule has 1 heterocycles. The molecule has 0 bridgehead atoms. The third kappa shape index (κ3) is 3.11. The molecule has 0 spiro atoms. The first-order chi connectivity index (χ1) is 8.26. The van der Waals surface area contributed by atoms with Gasteiger partial charge < -0.3 is 10.2 Å². The molecular formula is C13H20ClN3. The highest BCUT2D eigenvalue weighted by Crippen LogP contribution is 2.31. The minimum absolute atomic E-state index is 0.695. The second-order valence-corrected chi connectivity index (χ2v) is 4.80. The molecule has 0 aliphatic heterocycles. The van der Waals surface area contributed by atoms with Crippen molar-refractivity contribution in [1.29, 1.82) is 0 Å².